The number of nitrogens with one attached hydrogen (secondary N) is 1. The smallest absolute Gasteiger partial charge is 0.0676 e. The minimum atomic E-state index is 0.435. The summed E-state index contributed by atoms with van der Waals surface area (Å²) in [6.07, 6.45) is 4.99. The molecule has 118 valence electrons. The molecule has 0 saturated heterocycles. The predicted molar refractivity (Wildman–Crippen MR) is 88.2 cm³/mol. The first-order valence-corrected chi connectivity index (χ1v) is 8.61. The van der Waals surface area contributed by atoms with E-state index in [1.807, 2.05) is 6.92 Å². The number of aromatic nitrogens is 2. The predicted octanol–water partition coefficient (Wildman–Crippen LogP) is 4.07. The summed E-state index contributed by atoms with van der Waals surface area (Å²) in [5, 5.41) is 12.4. The Morgan fingerprint density at radius 2 is 1.81 bits per heavy atom. The minimum absolute atomic E-state index is 0.435. The Balaban J connectivity index is 2.31. The third kappa shape index (κ3) is 4.03. The van der Waals surface area contributed by atoms with E-state index in [9.17, 15) is 0 Å². The van der Waals surface area contributed by atoms with E-state index in [1.165, 1.54) is 24.8 Å². The van der Waals surface area contributed by atoms with Gasteiger partial charge in [-0.25, -0.2) is 0 Å². The van der Waals surface area contributed by atoms with Crippen LogP contribution in [0.2, 0.25) is 0 Å². The minimum Gasteiger partial charge on any atom is -0.310 e. The normalized spacial score (nSPS) is 27.6. The van der Waals surface area contributed by atoms with Crippen molar-refractivity contribution in [2.75, 3.05) is 6.54 Å². The lowest BCUT2D eigenvalue weighted by atomic mass is 9.72. The van der Waals surface area contributed by atoms with Gasteiger partial charge in [0.1, 0.15) is 0 Å². The van der Waals surface area contributed by atoms with Gasteiger partial charge in [0.2, 0.25) is 0 Å². The Bertz CT molecular complexity index is 448. The fourth-order valence-corrected chi connectivity index (χ4v) is 4.11. The van der Waals surface area contributed by atoms with Crippen LogP contribution in [0.25, 0.3) is 0 Å². The Morgan fingerprint density at radius 1 is 1.14 bits per heavy atom. The van der Waals surface area contributed by atoms with E-state index >= 15 is 0 Å². The first kappa shape index (κ1) is 16.4. The Labute approximate surface area is 129 Å². The molecule has 1 heterocycles. The zero-order valence-electron chi connectivity index (χ0n) is 14.3. The molecule has 0 bridgehead atoms. The van der Waals surface area contributed by atoms with Crippen LogP contribution in [0.15, 0.2) is 6.07 Å². The average Bonchev–Trinajstić information content (AvgIpc) is 2.43. The molecule has 21 heavy (non-hydrogen) atoms. The molecule has 1 aromatic rings. The van der Waals surface area contributed by atoms with Gasteiger partial charge in [-0.2, -0.15) is 10.2 Å². The molecule has 1 N–H and O–H groups in total. The van der Waals surface area contributed by atoms with Gasteiger partial charge >= 0.3 is 0 Å². The molecule has 3 unspecified atom stereocenters. The second kappa shape index (κ2) is 7.35. The molecule has 1 saturated carbocycles. The van der Waals surface area contributed by atoms with Gasteiger partial charge in [-0.05, 0) is 68.5 Å². The third-order valence-electron chi connectivity index (χ3n) is 4.81. The maximum Gasteiger partial charge on any atom is 0.0676 e. The van der Waals surface area contributed by atoms with Crippen LogP contribution in [0.4, 0.5) is 0 Å². The van der Waals surface area contributed by atoms with Crippen LogP contribution in [-0.4, -0.2) is 16.7 Å². The van der Waals surface area contributed by atoms with E-state index < -0.39 is 0 Å². The summed E-state index contributed by atoms with van der Waals surface area (Å²) in [7, 11) is 0. The molecule has 1 aliphatic rings. The molecule has 0 spiro atoms. The SMILES string of the molecule is CCNC(c1cc(C)nnc1CC)C1CC(C)CC(C)C1. The van der Waals surface area contributed by atoms with Crippen molar-refractivity contribution in [2.24, 2.45) is 17.8 Å². The largest absolute Gasteiger partial charge is 0.310 e. The van der Waals surface area contributed by atoms with Crippen LogP contribution < -0.4 is 5.32 Å². The summed E-state index contributed by atoms with van der Waals surface area (Å²) < 4.78 is 0. The molecule has 0 amide bonds. The van der Waals surface area contributed by atoms with Crippen molar-refractivity contribution < 1.29 is 0 Å². The summed E-state index contributed by atoms with van der Waals surface area (Å²) in [5.74, 6) is 2.39. The molecule has 3 atom stereocenters. The molecule has 1 aromatic heterocycles. The molecular weight excluding hydrogens is 258 g/mol. The zero-order chi connectivity index (χ0) is 15.4. The molecule has 0 aromatic carbocycles. The highest BCUT2D eigenvalue weighted by Crippen LogP contribution is 2.40. The lowest BCUT2D eigenvalue weighted by Gasteiger charge is -2.37. The fraction of sp³-hybridized carbons (Fsp3) is 0.778. The average molecular weight is 289 g/mol. The summed E-state index contributed by atoms with van der Waals surface area (Å²) in [6.45, 7) is 12.2. The number of rotatable bonds is 5. The van der Waals surface area contributed by atoms with Crippen molar-refractivity contribution in [3.8, 4) is 0 Å². The molecule has 2 rings (SSSR count). The van der Waals surface area contributed by atoms with Crippen LogP contribution in [0, 0.1) is 24.7 Å². The van der Waals surface area contributed by atoms with Crippen LogP contribution in [0.5, 0.6) is 0 Å². The van der Waals surface area contributed by atoms with Crippen molar-refractivity contribution in [3.05, 3.63) is 23.0 Å². The van der Waals surface area contributed by atoms with E-state index in [4.69, 9.17) is 0 Å². The zero-order valence-corrected chi connectivity index (χ0v) is 14.3. The highest BCUT2D eigenvalue weighted by Gasteiger charge is 2.31. The second-order valence-corrected chi connectivity index (χ2v) is 6.95. The number of nitrogens with zero attached hydrogens (tertiary/aromatic N) is 2. The standard InChI is InChI=1S/C18H31N3/c1-6-17-16(11-14(5)20-21-17)18(19-7-2)15-9-12(3)8-13(4)10-15/h11-13,15,18-19H,6-10H2,1-5H3. The van der Waals surface area contributed by atoms with Gasteiger partial charge < -0.3 is 5.32 Å². The fourth-order valence-electron chi connectivity index (χ4n) is 4.11. The highest BCUT2D eigenvalue weighted by atomic mass is 15.1. The molecule has 1 fully saturated rings. The van der Waals surface area contributed by atoms with Gasteiger partial charge in [-0.1, -0.05) is 27.7 Å². The van der Waals surface area contributed by atoms with Crippen LogP contribution in [-0.2, 0) is 6.42 Å². The van der Waals surface area contributed by atoms with Crippen molar-refractivity contribution in [2.45, 2.75) is 66.3 Å². The number of hydrogen-bond donors (Lipinski definition) is 1. The maximum atomic E-state index is 4.44. The Kier molecular flexibility index (Phi) is 5.74. The van der Waals surface area contributed by atoms with Crippen LogP contribution >= 0.6 is 0 Å². The van der Waals surface area contributed by atoms with Crippen LogP contribution in [0.1, 0.15) is 70.0 Å². The number of aryl methyl sites for hydroxylation is 2. The Hall–Kier alpha value is -0.960. The molecule has 0 radical (unpaired) electrons. The topological polar surface area (TPSA) is 37.8 Å². The van der Waals surface area contributed by atoms with Gasteiger partial charge in [0.05, 0.1) is 11.4 Å². The number of hydrogen-bond acceptors (Lipinski definition) is 3. The summed E-state index contributed by atoms with van der Waals surface area (Å²) in [4.78, 5) is 0. The van der Waals surface area contributed by atoms with E-state index in [1.54, 1.807) is 0 Å². The molecular formula is C18H31N3. The second-order valence-electron chi connectivity index (χ2n) is 6.95. The van der Waals surface area contributed by atoms with Crippen molar-refractivity contribution >= 4 is 0 Å². The van der Waals surface area contributed by atoms with E-state index in [2.05, 4.69) is 49.3 Å². The molecule has 3 heteroatoms. The summed E-state index contributed by atoms with van der Waals surface area (Å²) in [5.41, 5.74) is 3.58. The monoisotopic (exact) mass is 289 g/mol. The lowest BCUT2D eigenvalue weighted by molar-refractivity contribution is 0.177. The maximum absolute atomic E-state index is 4.44. The molecule has 0 aliphatic heterocycles. The quantitative estimate of drug-likeness (QED) is 0.888. The molecule has 1 aliphatic carbocycles. The van der Waals surface area contributed by atoms with Gasteiger partial charge in [-0.15, -0.1) is 0 Å². The van der Waals surface area contributed by atoms with Gasteiger partial charge in [0.15, 0.2) is 0 Å². The van der Waals surface area contributed by atoms with Crippen molar-refractivity contribution in [1.82, 2.24) is 15.5 Å². The summed E-state index contributed by atoms with van der Waals surface area (Å²) in [6, 6.07) is 2.69. The van der Waals surface area contributed by atoms with E-state index in [0.29, 0.717) is 6.04 Å². The van der Waals surface area contributed by atoms with Gasteiger partial charge in [0, 0.05) is 6.04 Å². The lowest BCUT2D eigenvalue weighted by Crippen LogP contribution is -2.34. The Morgan fingerprint density at radius 3 is 2.38 bits per heavy atom. The van der Waals surface area contributed by atoms with E-state index in [0.717, 1.165) is 42.1 Å². The van der Waals surface area contributed by atoms with Crippen molar-refractivity contribution in [3.63, 3.8) is 0 Å². The first-order valence-electron chi connectivity index (χ1n) is 8.61. The van der Waals surface area contributed by atoms with Crippen molar-refractivity contribution in [1.29, 1.82) is 0 Å². The van der Waals surface area contributed by atoms with Gasteiger partial charge in [-0.3, -0.25) is 0 Å². The van der Waals surface area contributed by atoms with E-state index in [-0.39, 0.29) is 0 Å². The highest BCUT2D eigenvalue weighted by molar-refractivity contribution is 5.26. The summed E-state index contributed by atoms with van der Waals surface area (Å²) >= 11 is 0. The third-order valence-corrected chi connectivity index (χ3v) is 4.81. The first-order chi connectivity index (χ1) is 10.0. The van der Waals surface area contributed by atoms with Gasteiger partial charge in [0.25, 0.3) is 0 Å². The van der Waals surface area contributed by atoms with Crippen LogP contribution in [0.3, 0.4) is 0 Å². The molecule has 3 nitrogen and oxygen atoms in total.